The summed E-state index contributed by atoms with van der Waals surface area (Å²) in [6.07, 6.45) is 18.8. The molecule has 8 atom stereocenters. The van der Waals surface area contributed by atoms with E-state index in [9.17, 15) is 5.11 Å². The lowest BCUT2D eigenvalue weighted by atomic mass is 9.43. The third-order valence-electron chi connectivity index (χ3n) is 12.4. The lowest BCUT2D eigenvalue weighted by Crippen LogP contribution is -2.62. The summed E-state index contributed by atoms with van der Waals surface area (Å²) in [6.45, 7) is 11.8. The van der Waals surface area contributed by atoms with Gasteiger partial charge in [-0.3, -0.25) is 0 Å². The first-order valence-corrected chi connectivity index (χ1v) is 15.7. The third-order valence-corrected chi connectivity index (χ3v) is 12.4. The van der Waals surface area contributed by atoms with E-state index in [1.54, 1.807) is 6.26 Å². The van der Waals surface area contributed by atoms with Gasteiger partial charge in [0.2, 0.25) is 0 Å². The summed E-state index contributed by atoms with van der Waals surface area (Å²) < 4.78 is 11.9. The van der Waals surface area contributed by atoms with Crippen LogP contribution in [0.15, 0.2) is 23.0 Å². The zero-order chi connectivity index (χ0) is 25.5. The molecule has 0 aromatic carbocycles. The van der Waals surface area contributed by atoms with Crippen molar-refractivity contribution >= 4 is 0 Å². The van der Waals surface area contributed by atoms with Crippen LogP contribution in [0.4, 0.5) is 0 Å². The number of hydrogen-bond donors (Lipinski definition) is 2. The summed E-state index contributed by atoms with van der Waals surface area (Å²) >= 11 is 0. The van der Waals surface area contributed by atoms with Crippen LogP contribution in [0.2, 0.25) is 0 Å². The molecule has 5 heteroatoms. The van der Waals surface area contributed by atoms with Crippen LogP contribution in [0.3, 0.4) is 0 Å². The second kappa shape index (κ2) is 10.6. The molecule has 0 spiro atoms. The minimum Gasteiger partial charge on any atom is -0.472 e. The summed E-state index contributed by atoms with van der Waals surface area (Å²) in [7, 11) is 0. The maximum atomic E-state index is 12.4. The van der Waals surface area contributed by atoms with Crippen LogP contribution in [-0.4, -0.2) is 61.0 Å². The van der Waals surface area contributed by atoms with Crippen LogP contribution < -0.4 is 5.32 Å². The van der Waals surface area contributed by atoms with Crippen molar-refractivity contribution in [2.75, 3.05) is 39.3 Å². The highest BCUT2D eigenvalue weighted by molar-refractivity contribution is 5.26. The van der Waals surface area contributed by atoms with Gasteiger partial charge in [-0.15, -0.1) is 0 Å². The molecule has 2 N–H and O–H groups in total. The minimum absolute atomic E-state index is 0.0248. The molecule has 0 bridgehead atoms. The first kappa shape index (κ1) is 26.3. The van der Waals surface area contributed by atoms with Gasteiger partial charge < -0.3 is 24.5 Å². The number of likely N-dealkylation sites (tertiary alicyclic amines) is 1. The van der Waals surface area contributed by atoms with Crippen molar-refractivity contribution in [1.29, 1.82) is 0 Å². The standard InChI is InChI=1S/C32H52N2O3/c1-30-12-8-26(37-21-16-33-15-5-19-34-17-3-4-18-34)22-25(30)6-7-29-28(30)9-13-31(2)27(10-14-32(29,31)35)24-11-20-36-23-24/h11,20,23,25-29,33,35H,3-10,12-19,21-22H2,1-2H3/t25-,26+,27-,28+,29-,30+,31-,32+/m1/s1. The molecule has 0 amide bonds. The summed E-state index contributed by atoms with van der Waals surface area (Å²) in [5, 5.41) is 16.0. The molecular formula is C32H52N2O3. The third kappa shape index (κ3) is 4.64. The smallest absolute Gasteiger partial charge is 0.0937 e. The Morgan fingerprint density at radius 2 is 1.89 bits per heavy atom. The predicted octanol–water partition coefficient (Wildman–Crippen LogP) is 5.98. The van der Waals surface area contributed by atoms with Gasteiger partial charge in [-0.25, -0.2) is 0 Å². The maximum absolute atomic E-state index is 12.4. The molecule has 1 aromatic rings. The first-order chi connectivity index (χ1) is 17.9. The summed E-state index contributed by atoms with van der Waals surface area (Å²) in [6, 6.07) is 2.14. The monoisotopic (exact) mass is 512 g/mol. The van der Waals surface area contributed by atoms with E-state index in [4.69, 9.17) is 9.15 Å². The van der Waals surface area contributed by atoms with Crippen LogP contribution in [0.5, 0.6) is 0 Å². The summed E-state index contributed by atoms with van der Waals surface area (Å²) in [5.41, 5.74) is 1.11. The number of nitrogens with one attached hydrogen (secondary N) is 1. The highest BCUT2D eigenvalue weighted by Crippen LogP contribution is 2.70. The molecule has 208 valence electrons. The van der Waals surface area contributed by atoms with Gasteiger partial charge in [-0.05, 0) is 144 Å². The molecule has 2 heterocycles. The Labute approximate surface area is 225 Å². The minimum atomic E-state index is -0.528. The zero-order valence-electron chi connectivity index (χ0n) is 23.6. The Morgan fingerprint density at radius 1 is 1.03 bits per heavy atom. The van der Waals surface area contributed by atoms with Crippen molar-refractivity contribution in [3.05, 3.63) is 24.2 Å². The van der Waals surface area contributed by atoms with Gasteiger partial charge in [-0.2, -0.15) is 0 Å². The van der Waals surface area contributed by atoms with Crippen molar-refractivity contribution in [2.24, 2.45) is 28.6 Å². The molecule has 1 aromatic heterocycles. The van der Waals surface area contributed by atoms with Crippen LogP contribution in [-0.2, 0) is 4.74 Å². The average Bonchev–Trinajstić information content (AvgIpc) is 3.65. The van der Waals surface area contributed by atoms with E-state index in [-0.39, 0.29) is 5.41 Å². The number of hydrogen-bond acceptors (Lipinski definition) is 5. The Morgan fingerprint density at radius 3 is 2.70 bits per heavy atom. The Hall–Kier alpha value is -0.880. The van der Waals surface area contributed by atoms with Gasteiger partial charge in [0, 0.05) is 12.0 Å². The summed E-state index contributed by atoms with van der Waals surface area (Å²) in [4.78, 5) is 2.60. The summed E-state index contributed by atoms with van der Waals surface area (Å²) in [5.74, 6) is 2.29. The number of rotatable bonds is 9. The lowest BCUT2D eigenvalue weighted by molar-refractivity contribution is -0.207. The Bertz CT molecular complexity index is 885. The predicted molar refractivity (Wildman–Crippen MR) is 148 cm³/mol. The van der Waals surface area contributed by atoms with Gasteiger partial charge >= 0.3 is 0 Å². The SMILES string of the molecule is C[C@]12CC[C@H](OCCNCCCN3CCCC3)C[C@H]1CC[C@@H]1[C@@H]2CC[C@]2(C)[C@@H](c3ccoc3)CC[C@]12O. The molecule has 37 heavy (non-hydrogen) atoms. The van der Waals surface area contributed by atoms with E-state index in [1.807, 2.05) is 6.26 Å². The molecule has 4 saturated carbocycles. The van der Waals surface area contributed by atoms with Crippen molar-refractivity contribution < 1.29 is 14.3 Å². The molecule has 0 unspecified atom stereocenters. The molecule has 1 aliphatic heterocycles. The fourth-order valence-electron chi connectivity index (χ4n) is 10.2. The fraction of sp³-hybridized carbons (Fsp3) is 0.875. The van der Waals surface area contributed by atoms with Gasteiger partial charge in [0.1, 0.15) is 0 Å². The first-order valence-electron chi connectivity index (χ1n) is 15.7. The molecule has 0 radical (unpaired) electrons. The molecule has 5 nitrogen and oxygen atoms in total. The van der Waals surface area contributed by atoms with Crippen LogP contribution >= 0.6 is 0 Å². The average molecular weight is 513 g/mol. The number of nitrogens with zero attached hydrogens (tertiary/aromatic N) is 1. The maximum Gasteiger partial charge on any atom is 0.0937 e. The highest BCUT2D eigenvalue weighted by Gasteiger charge is 2.67. The van der Waals surface area contributed by atoms with Crippen molar-refractivity contribution in [2.45, 2.75) is 109 Å². The van der Waals surface area contributed by atoms with Gasteiger partial charge in [0.15, 0.2) is 0 Å². The second-order valence-electron chi connectivity index (χ2n) is 13.9. The largest absolute Gasteiger partial charge is 0.472 e. The number of ether oxygens (including phenoxy) is 1. The van der Waals surface area contributed by atoms with E-state index in [0.29, 0.717) is 29.3 Å². The van der Waals surface area contributed by atoms with Gasteiger partial charge in [0.05, 0.1) is 30.8 Å². The normalized spacial score (nSPS) is 43.9. The van der Waals surface area contributed by atoms with Gasteiger partial charge in [-0.1, -0.05) is 13.8 Å². The van der Waals surface area contributed by atoms with E-state index < -0.39 is 5.60 Å². The lowest BCUT2D eigenvalue weighted by Gasteiger charge is -2.63. The van der Waals surface area contributed by atoms with Crippen molar-refractivity contribution in [1.82, 2.24) is 10.2 Å². The molecule has 4 aliphatic carbocycles. The van der Waals surface area contributed by atoms with Crippen molar-refractivity contribution in [3.8, 4) is 0 Å². The van der Waals surface area contributed by atoms with Crippen LogP contribution in [0.1, 0.15) is 102 Å². The molecule has 5 fully saturated rings. The zero-order valence-corrected chi connectivity index (χ0v) is 23.6. The van der Waals surface area contributed by atoms with E-state index in [2.05, 4.69) is 30.1 Å². The topological polar surface area (TPSA) is 57.9 Å². The molecular weight excluding hydrogens is 460 g/mol. The molecule has 1 saturated heterocycles. The number of furan rings is 1. The van der Waals surface area contributed by atoms with Crippen LogP contribution in [0, 0.1) is 28.6 Å². The molecule has 6 rings (SSSR count). The Balaban J connectivity index is 1.00. The van der Waals surface area contributed by atoms with Crippen LogP contribution in [0.25, 0.3) is 0 Å². The van der Waals surface area contributed by atoms with E-state index >= 15 is 0 Å². The van der Waals surface area contributed by atoms with Gasteiger partial charge in [0.25, 0.3) is 0 Å². The number of aliphatic hydroxyl groups is 1. The van der Waals surface area contributed by atoms with E-state index in [0.717, 1.165) is 44.9 Å². The van der Waals surface area contributed by atoms with Crippen molar-refractivity contribution in [3.63, 3.8) is 0 Å². The number of fused-ring (bicyclic) bond motifs is 5. The fourth-order valence-corrected chi connectivity index (χ4v) is 10.2. The van der Waals surface area contributed by atoms with E-state index in [1.165, 1.54) is 83.0 Å². The Kier molecular flexibility index (Phi) is 7.54. The quantitative estimate of drug-likeness (QED) is 0.399. The molecule has 5 aliphatic rings. The second-order valence-corrected chi connectivity index (χ2v) is 13.9. The highest BCUT2D eigenvalue weighted by atomic mass is 16.5.